The number of hydrogen-bond acceptors (Lipinski definition) is 4. The van der Waals surface area contributed by atoms with Crippen molar-refractivity contribution in [1.82, 2.24) is 19.5 Å². The maximum absolute atomic E-state index is 13.0. The minimum Gasteiger partial charge on any atom is -0.381 e. The van der Waals surface area contributed by atoms with Crippen LogP contribution in [0.25, 0.3) is 11.5 Å². The summed E-state index contributed by atoms with van der Waals surface area (Å²) in [5.74, 6) is 0.782. The summed E-state index contributed by atoms with van der Waals surface area (Å²) < 4.78 is 14.9. The van der Waals surface area contributed by atoms with Gasteiger partial charge in [0.2, 0.25) is 0 Å². The summed E-state index contributed by atoms with van der Waals surface area (Å²) in [7, 11) is 1.90. The van der Waals surface area contributed by atoms with Crippen LogP contribution < -0.4 is 5.73 Å². The summed E-state index contributed by atoms with van der Waals surface area (Å²) in [5, 5.41) is 0. The van der Waals surface area contributed by atoms with Crippen molar-refractivity contribution in [2.45, 2.75) is 19.8 Å². The highest BCUT2D eigenvalue weighted by atomic mass is 19.1. The highest BCUT2D eigenvalue weighted by Gasteiger charge is 2.13. The molecular weight excluding hydrogens is 221 g/mol. The number of aryl methyl sites for hydroxylation is 1. The van der Waals surface area contributed by atoms with Gasteiger partial charge in [0.15, 0.2) is 17.5 Å². The first-order chi connectivity index (χ1) is 7.99. The van der Waals surface area contributed by atoms with Crippen molar-refractivity contribution in [3.05, 3.63) is 24.0 Å². The lowest BCUT2D eigenvalue weighted by atomic mass is 10.2. The lowest BCUT2D eigenvalue weighted by Gasteiger charge is -2.02. The predicted molar refractivity (Wildman–Crippen MR) is 62.7 cm³/mol. The first-order valence-corrected chi connectivity index (χ1v) is 5.30. The Hall–Kier alpha value is -1.98. The van der Waals surface area contributed by atoms with Crippen molar-refractivity contribution in [3.63, 3.8) is 0 Å². The summed E-state index contributed by atoms with van der Waals surface area (Å²) in [6, 6.07) is 0. The lowest BCUT2D eigenvalue weighted by Crippen LogP contribution is -1.99. The molecule has 2 aromatic rings. The van der Waals surface area contributed by atoms with Gasteiger partial charge in [-0.05, 0) is 0 Å². The maximum Gasteiger partial charge on any atom is 0.183 e. The van der Waals surface area contributed by atoms with Crippen LogP contribution in [0.1, 0.15) is 25.6 Å². The Labute approximate surface area is 98.5 Å². The molecule has 0 bridgehead atoms. The third-order valence-electron chi connectivity index (χ3n) is 2.43. The number of anilines is 1. The van der Waals surface area contributed by atoms with Crippen LogP contribution >= 0.6 is 0 Å². The molecule has 0 aliphatic carbocycles. The van der Waals surface area contributed by atoms with Crippen LogP contribution in [0.15, 0.2) is 12.4 Å². The van der Waals surface area contributed by atoms with Crippen molar-refractivity contribution in [2.24, 2.45) is 7.05 Å². The molecule has 5 nitrogen and oxygen atoms in total. The molecule has 17 heavy (non-hydrogen) atoms. The fourth-order valence-electron chi connectivity index (χ4n) is 1.63. The predicted octanol–water partition coefficient (Wildman–Crippen LogP) is 1.72. The molecule has 0 aliphatic rings. The first kappa shape index (κ1) is 11.5. The molecule has 0 atom stereocenters. The quantitative estimate of drug-likeness (QED) is 0.860. The van der Waals surface area contributed by atoms with Crippen molar-refractivity contribution in [2.75, 3.05) is 5.73 Å². The van der Waals surface area contributed by atoms with Crippen LogP contribution in [0.5, 0.6) is 0 Å². The zero-order valence-corrected chi connectivity index (χ0v) is 9.98. The lowest BCUT2D eigenvalue weighted by molar-refractivity contribution is 0.620. The van der Waals surface area contributed by atoms with E-state index in [1.165, 1.54) is 0 Å². The Morgan fingerprint density at radius 1 is 1.35 bits per heavy atom. The number of nitrogens with two attached hydrogens (primary N) is 1. The van der Waals surface area contributed by atoms with Gasteiger partial charge >= 0.3 is 0 Å². The molecule has 0 amide bonds. The van der Waals surface area contributed by atoms with E-state index in [4.69, 9.17) is 5.73 Å². The fourth-order valence-corrected chi connectivity index (χ4v) is 1.63. The minimum atomic E-state index is -0.617. The number of imidazole rings is 1. The number of hydrogen-bond donors (Lipinski definition) is 1. The Morgan fingerprint density at radius 3 is 2.59 bits per heavy atom. The molecule has 2 heterocycles. The Morgan fingerprint density at radius 2 is 2.06 bits per heavy atom. The standard InChI is InChI=1S/C11H14FN5/c1-6(2)11-15-8(5-17(11)3)10-14-4-7(12)9(13)16-10/h4-6H,1-3H3,(H2,13,14,16). The second-order valence-corrected chi connectivity index (χ2v) is 4.18. The van der Waals surface area contributed by atoms with Crippen molar-refractivity contribution in [1.29, 1.82) is 0 Å². The molecule has 0 unspecified atom stereocenters. The molecule has 0 aliphatic heterocycles. The molecular formula is C11H14FN5. The van der Waals surface area contributed by atoms with Crippen molar-refractivity contribution in [3.8, 4) is 11.5 Å². The Balaban J connectivity index is 2.46. The smallest absolute Gasteiger partial charge is 0.183 e. The molecule has 2 N–H and O–H groups in total. The van der Waals surface area contributed by atoms with E-state index >= 15 is 0 Å². The zero-order valence-electron chi connectivity index (χ0n) is 9.98. The van der Waals surface area contributed by atoms with Gasteiger partial charge in [0.1, 0.15) is 11.5 Å². The van der Waals surface area contributed by atoms with Gasteiger partial charge in [0.25, 0.3) is 0 Å². The highest BCUT2D eigenvalue weighted by molar-refractivity contribution is 5.51. The van der Waals surface area contributed by atoms with Gasteiger partial charge in [-0.25, -0.2) is 19.3 Å². The number of nitrogen functional groups attached to an aromatic ring is 1. The van der Waals surface area contributed by atoms with E-state index in [1.807, 2.05) is 31.7 Å². The van der Waals surface area contributed by atoms with Crippen LogP contribution in [-0.2, 0) is 7.05 Å². The molecule has 0 saturated carbocycles. The first-order valence-electron chi connectivity index (χ1n) is 5.30. The second-order valence-electron chi connectivity index (χ2n) is 4.18. The minimum absolute atomic E-state index is 0.160. The summed E-state index contributed by atoms with van der Waals surface area (Å²) in [6.45, 7) is 4.10. The molecule has 2 aromatic heterocycles. The zero-order chi connectivity index (χ0) is 12.6. The number of aromatic nitrogens is 4. The summed E-state index contributed by atoms with van der Waals surface area (Å²) >= 11 is 0. The largest absolute Gasteiger partial charge is 0.381 e. The molecule has 0 fully saturated rings. The third-order valence-corrected chi connectivity index (χ3v) is 2.43. The number of rotatable bonds is 2. The summed E-state index contributed by atoms with van der Waals surface area (Å²) in [5.41, 5.74) is 6.00. The molecule has 90 valence electrons. The van der Waals surface area contributed by atoms with E-state index in [0.29, 0.717) is 17.4 Å². The molecule has 0 saturated heterocycles. The van der Waals surface area contributed by atoms with Gasteiger partial charge in [0.05, 0.1) is 6.20 Å². The van der Waals surface area contributed by atoms with Gasteiger partial charge in [-0.1, -0.05) is 13.8 Å². The van der Waals surface area contributed by atoms with E-state index in [-0.39, 0.29) is 5.82 Å². The van der Waals surface area contributed by atoms with E-state index in [9.17, 15) is 4.39 Å². The van der Waals surface area contributed by atoms with Crippen LogP contribution in [0.3, 0.4) is 0 Å². The molecule has 0 radical (unpaired) electrons. The van der Waals surface area contributed by atoms with Gasteiger partial charge < -0.3 is 10.3 Å². The Bertz CT molecular complexity index is 547. The maximum atomic E-state index is 13.0. The average molecular weight is 235 g/mol. The SMILES string of the molecule is CC(C)c1nc(-c2ncc(F)c(N)n2)cn1C. The number of nitrogens with zero attached hydrogens (tertiary/aromatic N) is 4. The molecule has 6 heteroatoms. The normalized spacial score (nSPS) is 11.1. The highest BCUT2D eigenvalue weighted by Crippen LogP contribution is 2.19. The average Bonchev–Trinajstić information content (AvgIpc) is 2.64. The third kappa shape index (κ3) is 2.11. The van der Waals surface area contributed by atoms with Gasteiger partial charge in [-0.3, -0.25) is 0 Å². The van der Waals surface area contributed by atoms with Crippen molar-refractivity contribution < 1.29 is 4.39 Å². The van der Waals surface area contributed by atoms with Crippen LogP contribution in [-0.4, -0.2) is 19.5 Å². The second kappa shape index (κ2) is 4.12. The monoisotopic (exact) mass is 235 g/mol. The summed E-state index contributed by atoms with van der Waals surface area (Å²) in [6.07, 6.45) is 2.86. The fraction of sp³-hybridized carbons (Fsp3) is 0.364. The molecule has 2 rings (SSSR count). The van der Waals surface area contributed by atoms with Crippen LogP contribution in [0.4, 0.5) is 10.2 Å². The van der Waals surface area contributed by atoms with Gasteiger partial charge in [-0.2, -0.15) is 0 Å². The molecule has 0 spiro atoms. The van der Waals surface area contributed by atoms with E-state index in [1.54, 1.807) is 0 Å². The Kier molecular flexibility index (Phi) is 2.79. The van der Waals surface area contributed by atoms with E-state index in [2.05, 4.69) is 15.0 Å². The number of halogens is 1. The van der Waals surface area contributed by atoms with Crippen LogP contribution in [0, 0.1) is 5.82 Å². The van der Waals surface area contributed by atoms with E-state index in [0.717, 1.165) is 12.0 Å². The summed E-state index contributed by atoms with van der Waals surface area (Å²) in [4.78, 5) is 12.2. The molecule has 0 aromatic carbocycles. The van der Waals surface area contributed by atoms with Gasteiger partial charge in [0, 0.05) is 19.2 Å². The van der Waals surface area contributed by atoms with Crippen molar-refractivity contribution >= 4 is 5.82 Å². The van der Waals surface area contributed by atoms with Gasteiger partial charge in [-0.15, -0.1) is 0 Å². The topological polar surface area (TPSA) is 69.6 Å². The van der Waals surface area contributed by atoms with Crippen LogP contribution in [0.2, 0.25) is 0 Å². The van der Waals surface area contributed by atoms with E-state index < -0.39 is 5.82 Å².